The van der Waals surface area contributed by atoms with Crippen molar-refractivity contribution in [2.45, 2.75) is 64.5 Å². The predicted octanol–water partition coefficient (Wildman–Crippen LogP) is 0.523. The third-order valence-corrected chi connectivity index (χ3v) is 7.88. The molecule has 4 rings (SSSR count). The number of nitrogens with one attached hydrogen (secondary N) is 6. The summed E-state index contributed by atoms with van der Waals surface area (Å²) in [7, 11) is 0. The number of alkyl halides is 1. The van der Waals surface area contributed by atoms with Crippen LogP contribution in [0.4, 0.5) is 4.39 Å². The number of hydrogen-bond donors (Lipinski definition) is 6. The number of rotatable bonds is 6. The fraction of sp³-hybridized carbons (Fsp3) is 0.913. The van der Waals surface area contributed by atoms with E-state index in [4.69, 9.17) is 0 Å². The Morgan fingerprint density at radius 2 is 1.91 bits per heavy atom. The highest BCUT2D eigenvalue weighted by molar-refractivity contribution is 5.81. The van der Waals surface area contributed by atoms with Gasteiger partial charge in [0.05, 0.1) is 12.7 Å². The number of hydrogen-bond acceptors (Lipinski definition) is 7. The van der Waals surface area contributed by atoms with E-state index in [0.29, 0.717) is 42.8 Å². The standard InChI is InChI=1S/C23H42FN7O/c1-14-20(3-4-21(24)31-14)18-7-16(10-30-23-25-5-6-26-23)8-19(9-18)22(32)29-13-17-11-27-15(2)28-12-17/h14-21,27-28,31H,3-13H2,1-2H3,(H,29,32)(H2,25,26,30). The Morgan fingerprint density at radius 1 is 1.09 bits per heavy atom. The number of carbonyl (C=O) groups excluding carboxylic acids is 1. The molecule has 3 aliphatic heterocycles. The summed E-state index contributed by atoms with van der Waals surface area (Å²) in [5, 5.41) is 19.9. The Labute approximate surface area is 191 Å². The fourth-order valence-electron chi connectivity index (χ4n) is 6.06. The SMILES string of the molecule is CC1NCC(CNC(=O)C2CC(CNC3=NCCN3)CC(C3CCC(F)NC3C)C2)CN1. The maximum atomic E-state index is 13.8. The lowest BCUT2D eigenvalue weighted by Gasteiger charge is -2.43. The first-order valence-electron chi connectivity index (χ1n) is 12.6. The summed E-state index contributed by atoms with van der Waals surface area (Å²) >= 11 is 0. The number of carbonyl (C=O) groups is 1. The Balaban J connectivity index is 1.35. The predicted molar refractivity (Wildman–Crippen MR) is 125 cm³/mol. The molecule has 32 heavy (non-hydrogen) atoms. The number of halogens is 1. The molecular weight excluding hydrogens is 409 g/mol. The van der Waals surface area contributed by atoms with E-state index < -0.39 is 6.30 Å². The van der Waals surface area contributed by atoms with Gasteiger partial charge in [-0.3, -0.25) is 15.1 Å². The normalized spacial score (nSPS) is 40.3. The molecule has 3 fully saturated rings. The van der Waals surface area contributed by atoms with Gasteiger partial charge in [-0.05, 0) is 63.7 Å². The first kappa shape index (κ1) is 23.7. The van der Waals surface area contributed by atoms with Crippen LogP contribution in [0, 0.1) is 29.6 Å². The minimum Gasteiger partial charge on any atom is -0.356 e. The van der Waals surface area contributed by atoms with Gasteiger partial charge in [0, 0.05) is 50.6 Å². The van der Waals surface area contributed by atoms with E-state index in [2.05, 4.69) is 50.7 Å². The smallest absolute Gasteiger partial charge is 0.223 e. The quantitative estimate of drug-likeness (QED) is 0.329. The highest BCUT2D eigenvalue weighted by atomic mass is 19.1. The fourth-order valence-corrected chi connectivity index (χ4v) is 6.06. The van der Waals surface area contributed by atoms with E-state index in [1.54, 1.807) is 0 Å². The third kappa shape index (κ3) is 6.32. The number of piperidine rings is 1. The molecule has 0 bridgehead atoms. The number of amides is 1. The molecule has 1 amide bonds. The van der Waals surface area contributed by atoms with Crippen molar-refractivity contribution in [1.29, 1.82) is 0 Å². The van der Waals surface area contributed by atoms with Crippen molar-refractivity contribution in [3.63, 3.8) is 0 Å². The molecule has 1 aliphatic carbocycles. The zero-order chi connectivity index (χ0) is 22.5. The van der Waals surface area contributed by atoms with Crippen LogP contribution >= 0.6 is 0 Å². The molecule has 9 heteroatoms. The molecule has 6 unspecified atom stereocenters. The molecule has 6 atom stereocenters. The maximum Gasteiger partial charge on any atom is 0.223 e. The third-order valence-electron chi connectivity index (χ3n) is 7.88. The summed E-state index contributed by atoms with van der Waals surface area (Å²) in [5.74, 6) is 2.81. The van der Waals surface area contributed by atoms with Crippen LogP contribution in [-0.4, -0.2) is 69.6 Å². The van der Waals surface area contributed by atoms with Gasteiger partial charge in [0.25, 0.3) is 0 Å². The minimum absolute atomic E-state index is 0.0257. The lowest BCUT2D eigenvalue weighted by Crippen LogP contribution is -2.54. The van der Waals surface area contributed by atoms with E-state index in [-0.39, 0.29) is 17.9 Å². The van der Waals surface area contributed by atoms with E-state index in [0.717, 1.165) is 64.4 Å². The second-order valence-corrected chi connectivity index (χ2v) is 10.4. The van der Waals surface area contributed by atoms with Crippen LogP contribution in [0.15, 0.2) is 4.99 Å². The van der Waals surface area contributed by atoms with Crippen LogP contribution in [0.1, 0.15) is 46.0 Å². The Hall–Kier alpha value is -1.45. The zero-order valence-electron chi connectivity index (χ0n) is 19.6. The molecule has 3 heterocycles. The monoisotopic (exact) mass is 451 g/mol. The molecule has 2 saturated heterocycles. The molecule has 0 aromatic rings. The molecule has 0 aromatic heterocycles. The summed E-state index contributed by atoms with van der Waals surface area (Å²) in [6.45, 7) is 9.33. The second kappa shape index (κ2) is 11.1. The molecule has 1 saturated carbocycles. The summed E-state index contributed by atoms with van der Waals surface area (Å²) < 4.78 is 13.8. The van der Waals surface area contributed by atoms with Gasteiger partial charge in [0.2, 0.25) is 5.91 Å². The van der Waals surface area contributed by atoms with Gasteiger partial charge in [-0.15, -0.1) is 0 Å². The van der Waals surface area contributed by atoms with Gasteiger partial charge in [-0.25, -0.2) is 4.39 Å². The van der Waals surface area contributed by atoms with Crippen molar-refractivity contribution in [3.8, 4) is 0 Å². The van der Waals surface area contributed by atoms with Crippen LogP contribution < -0.4 is 31.9 Å². The van der Waals surface area contributed by atoms with Crippen molar-refractivity contribution in [3.05, 3.63) is 0 Å². The van der Waals surface area contributed by atoms with Crippen molar-refractivity contribution in [1.82, 2.24) is 31.9 Å². The average Bonchev–Trinajstić information content (AvgIpc) is 3.30. The van der Waals surface area contributed by atoms with E-state index in [1.807, 2.05) is 0 Å². The molecule has 4 aliphatic rings. The van der Waals surface area contributed by atoms with E-state index in [9.17, 15) is 9.18 Å². The lowest BCUT2D eigenvalue weighted by molar-refractivity contribution is -0.127. The number of aliphatic imine (C=N–C) groups is 1. The number of nitrogens with zero attached hydrogens (tertiary/aromatic N) is 1. The highest BCUT2D eigenvalue weighted by Crippen LogP contribution is 2.41. The van der Waals surface area contributed by atoms with Crippen molar-refractivity contribution in [2.24, 2.45) is 34.6 Å². The van der Waals surface area contributed by atoms with Gasteiger partial charge in [0.15, 0.2) is 12.3 Å². The first-order valence-corrected chi connectivity index (χ1v) is 12.6. The van der Waals surface area contributed by atoms with Gasteiger partial charge >= 0.3 is 0 Å². The Bertz CT molecular complexity index is 654. The second-order valence-electron chi connectivity index (χ2n) is 10.4. The van der Waals surface area contributed by atoms with Crippen molar-refractivity contribution < 1.29 is 9.18 Å². The maximum absolute atomic E-state index is 13.8. The largest absolute Gasteiger partial charge is 0.356 e. The zero-order valence-corrected chi connectivity index (χ0v) is 19.6. The summed E-state index contributed by atoms with van der Waals surface area (Å²) in [4.78, 5) is 17.6. The first-order chi connectivity index (χ1) is 15.5. The molecule has 0 radical (unpaired) electrons. The van der Waals surface area contributed by atoms with Crippen LogP contribution in [0.2, 0.25) is 0 Å². The van der Waals surface area contributed by atoms with Crippen LogP contribution in [0.25, 0.3) is 0 Å². The summed E-state index contributed by atoms with van der Waals surface area (Å²) in [6, 6.07) is 0.154. The van der Waals surface area contributed by atoms with E-state index in [1.165, 1.54) is 0 Å². The topological polar surface area (TPSA) is 102 Å². The van der Waals surface area contributed by atoms with E-state index >= 15 is 0 Å². The van der Waals surface area contributed by atoms with Crippen LogP contribution in [0.3, 0.4) is 0 Å². The Kier molecular flexibility index (Phi) is 8.23. The molecule has 182 valence electrons. The molecule has 8 nitrogen and oxygen atoms in total. The lowest BCUT2D eigenvalue weighted by atomic mass is 9.66. The van der Waals surface area contributed by atoms with Gasteiger partial charge < -0.3 is 26.6 Å². The summed E-state index contributed by atoms with van der Waals surface area (Å²) in [5.41, 5.74) is 0. The van der Waals surface area contributed by atoms with Gasteiger partial charge in [-0.2, -0.15) is 0 Å². The van der Waals surface area contributed by atoms with Crippen molar-refractivity contribution >= 4 is 11.9 Å². The van der Waals surface area contributed by atoms with Crippen molar-refractivity contribution in [2.75, 3.05) is 39.3 Å². The summed E-state index contributed by atoms with van der Waals surface area (Å²) in [6.07, 6.45) is 3.82. The van der Waals surface area contributed by atoms with Gasteiger partial charge in [0.1, 0.15) is 0 Å². The molecule has 0 spiro atoms. The van der Waals surface area contributed by atoms with Crippen LogP contribution in [-0.2, 0) is 4.79 Å². The molecular formula is C23H42FN7O. The minimum atomic E-state index is -0.895. The highest BCUT2D eigenvalue weighted by Gasteiger charge is 2.40. The molecule has 0 aromatic carbocycles. The average molecular weight is 452 g/mol. The molecule has 6 N–H and O–H groups in total. The Morgan fingerprint density at radius 3 is 2.62 bits per heavy atom. The van der Waals surface area contributed by atoms with Gasteiger partial charge in [-0.1, -0.05) is 0 Å². The van der Waals surface area contributed by atoms with Crippen LogP contribution in [0.5, 0.6) is 0 Å². The number of guanidine groups is 1.